The molecule has 164 valence electrons. The van der Waals surface area contributed by atoms with Gasteiger partial charge in [-0.15, -0.1) is 0 Å². The maximum Gasteiger partial charge on any atom is 0.318 e. The summed E-state index contributed by atoms with van der Waals surface area (Å²) in [5.41, 5.74) is 3.24. The molecule has 31 heavy (non-hydrogen) atoms. The molecule has 0 saturated carbocycles. The molecule has 0 aromatic heterocycles. The number of nitrogens with one attached hydrogen (secondary N) is 1. The summed E-state index contributed by atoms with van der Waals surface area (Å²) in [6.45, 7) is 4.22. The number of urea groups is 1. The highest BCUT2D eigenvalue weighted by atomic mass is 16.5. The lowest BCUT2D eigenvalue weighted by atomic mass is 9.73. The van der Waals surface area contributed by atoms with Crippen LogP contribution in [0.4, 0.5) is 4.79 Å². The molecule has 2 aliphatic heterocycles. The molecule has 2 heterocycles. The molecule has 4 rings (SSSR count). The van der Waals surface area contributed by atoms with E-state index in [2.05, 4.69) is 29.6 Å². The number of aliphatic hydroxyl groups excluding tert-OH is 1. The third-order valence-corrected chi connectivity index (χ3v) is 6.17. The fraction of sp³-hybridized carbons (Fsp3) is 0.417. The first-order valence-corrected chi connectivity index (χ1v) is 10.6. The number of methoxy groups -OCH3 is 1. The first kappa shape index (κ1) is 21.2. The van der Waals surface area contributed by atoms with Gasteiger partial charge in [0.1, 0.15) is 12.3 Å². The SMILES string of the molecule is COc1ccc(-c2ccc([C@H]3[C@@H](CO)N4C(=O)CN(C(=O)NC(C)C)C[C@@H]34)cc2)cc1. The second-order valence-corrected chi connectivity index (χ2v) is 8.48. The Morgan fingerprint density at radius 1 is 1.13 bits per heavy atom. The number of fused-ring (bicyclic) bond motifs is 1. The van der Waals surface area contributed by atoms with Crippen LogP contribution >= 0.6 is 0 Å². The van der Waals surface area contributed by atoms with E-state index in [1.54, 1.807) is 16.9 Å². The Kier molecular flexibility index (Phi) is 5.87. The van der Waals surface area contributed by atoms with Crippen molar-refractivity contribution in [2.24, 2.45) is 0 Å². The average Bonchev–Trinajstić information content (AvgIpc) is 2.75. The van der Waals surface area contributed by atoms with E-state index in [0.717, 1.165) is 22.4 Å². The van der Waals surface area contributed by atoms with Crippen LogP contribution in [0, 0.1) is 0 Å². The largest absolute Gasteiger partial charge is 0.497 e. The quantitative estimate of drug-likeness (QED) is 0.774. The highest BCUT2D eigenvalue weighted by Gasteiger charge is 2.54. The van der Waals surface area contributed by atoms with Gasteiger partial charge in [0.05, 0.1) is 25.8 Å². The van der Waals surface area contributed by atoms with E-state index in [-0.39, 0.29) is 49.1 Å². The Morgan fingerprint density at radius 2 is 1.74 bits per heavy atom. The van der Waals surface area contributed by atoms with Crippen LogP contribution in [-0.2, 0) is 4.79 Å². The summed E-state index contributed by atoms with van der Waals surface area (Å²) in [7, 11) is 1.65. The minimum Gasteiger partial charge on any atom is -0.497 e. The first-order chi connectivity index (χ1) is 14.9. The van der Waals surface area contributed by atoms with Crippen molar-refractivity contribution in [3.05, 3.63) is 54.1 Å². The van der Waals surface area contributed by atoms with Crippen molar-refractivity contribution in [1.82, 2.24) is 15.1 Å². The fourth-order valence-electron chi connectivity index (χ4n) is 4.67. The molecule has 2 aliphatic rings. The second kappa shape index (κ2) is 8.59. The number of carbonyl (C=O) groups excluding carboxylic acids is 2. The Labute approximate surface area is 182 Å². The van der Waals surface area contributed by atoms with Gasteiger partial charge >= 0.3 is 6.03 Å². The molecular weight excluding hydrogens is 394 g/mol. The van der Waals surface area contributed by atoms with Gasteiger partial charge in [0.15, 0.2) is 0 Å². The van der Waals surface area contributed by atoms with Gasteiger partial charge in [-0.3, -0.25) is 4.79 Å². The average molecular weight is 424 g/mol. The van der Waals surface area contributed by atoms with Gasteiger partial charge in [0.2, 0.25) is 5.91 Å². The predicted molar refractivity (Wildman–Crippen MR) is 118 cm³/mol. The molecule has 3 atom stereocenters. The zero-order valence-electron chi connectivity index (χ0n) is 18.1. The van der Waals surface area contributed by atoms with Crippen molar-refractivity contribution in [2.45, 2.75) is 37.9 Å². The number of rotatable bonds is 5. The maximum atomic E-state index is 12.7. The van der Waals surface area contributed by atoms with Crippen molar-refractivity contribution in [2.75, 3.05) is 26.8 Å². The van der Waals surface area contributed by atoms with E-state index < -0.39 is 0 Å². The van der Waals surface area contributed by atoms with Gasteiger partial charge in [0, 0.05) is 18.5 Å². The number of hydrogen-bond donors (Lipinski definition) is 2. The number of piperazine rings is 1. The molecule has 0 radical (unpaired) electrons. The smallest absolute Gasteiger partial charge is 0.318 e. The summed E-state index contributed by atoms with van der Waals surface area (Å²) in [6.07, 6.45) is 0. The van der Waals surface area contributed by atoms with Crippen molar-refractivity contribution in [3.63, 3.8) is 0 Å². The molecule has 2 fully saturated rings. The van der Waals surface area contributed by atoms with E-state index in [1.165, 1.54) is 0 Å². The van der Waals surface area contributed by atoms with Gasteiger partial charge < -0.3 is 25.0 Å². The fourth-order valence-corrected chi connectivity index (χ4v) is 4.67. The van der Waals surface area contributed by atoms with Crippen LogP contribution in [0.5, 0.6) is 5.75 Å². The van der Waals surface area contributed by atoms with Crippen molar-refractivity contribution in [3.8, 4) is 16.9 Å². The molecule has 2 saturated heterocycles. The molecule has 7 nitrogen and oxygen atoms in total. The van der Waals surface area contributed by atoms with E-state index in [1.807, 2.05) is 38.1 Å². The molecule has 0 unspecified atom stereocenters. The van der Waals surface area contributed by atoms with Crippen molar-refractivity contribution in [1.29, 1.82) is 0 Å². The molecule has 0 aliphatic carbocycles. The summed E-state index contributed by atoms with van der Waals surface area (Å²) in [5.74, 6) is 0.697. The van der Waals surface area contributed by atoms with Gasteiger partial charge in [-0.2, -0.15) is 0 Å². The molecule has 7 heteroatoms. The van der Waals surface area contributed by atoms with Crippen LogP contribution in [0.2, 0.25) is 0 Å². The first-order valence-electron chi connectivity index (χ1n) is 10.6. The summed E-state index contributed by atoms with van der Waals surface area (Å²) in [6, 6.07) is 15.5. The predicted octanol–water partition coefficient (Wildman–Crippen LogP) is 2.45. The number of nitrogens with zero attached hydrogens (tertiary/aromatic N) is 2. The highest BCUT2D eigenvalue weighted by molar-refractivity contribution is 5.87. The number of amides is 3. The normalized spacial score (nSPS) is 22.7. The summed E-state index contributed by atoms with van der Waals surface area (Å²) < 4.78 is 5.22. The molecular formula is C24H29N3O4. The Balaban J connectivity index is 1.53. The van der Waals surface area contributed by atoms with E-state index in [4.69, 9.17) is 4.74 Å². The lowest BCUT2D eigenvalue weighted by molar-refractivity contribution is -0.159. The topological polar surface area (TPSA) is 82.1 Å². The highest BCUT2D eigenvalue weighted by Crippen LogP contribution is 2.43. The lowest BCUT2D eigenvalue weighted by Gasteiger charge is -2.58. The number of carbonyl (C=O) groups is 2. The van der Waals surface area contributed by atoms with Crippen LogP contribution in [-0.4, -0.2) is 71.8 Å². The summed E-state index contributed by atoms with van der Waals surface area (Å²) >= 11 is 0. The minimum absolute atomic E-state index is 0.00600. The molecule has 2 aromatic rings. The number of hydrogen-bond acceptors (Lipinski definition) is 4. The van der Waals surface area contributed by atoms with Crippen molar-refractivity contribution < 1.29 is 19.4 Å². The van der Waals surface area contributed by atoms with Gasteiger partial charge in [0.25, 0.3) is 0 Å². The number of benzene rings is 2. The Bertz CT molecular complexity index is 942. The molecule has 3 amide bonds. The van der Waals surface area contributed by atoms with Crippen LogP contribution in [0.1, 0.15) is 25.3 Å². The third-order valence-electron chi connectivity index (χ3n) is 6.17. The third kappa shape index (κ3) is 3.97. The summed E-state index contributed by atoms with van der Waals surface area (Å²) in [4.78, 5) is 28.5. The zero-order chi connectivity index (χ0) is 22.1. The second-order valence-electron chi connectivity index (χ2n) is 8.48. The molecule has 0 bridgehead atoms. The van der Waals surface area contributed by atoms with Crippen LogP contribution in [0.15, 0.2) is 48.5 Å². The standard InChI is InChI=1S/C24H29N3O4/c1-15(2)25-24(30)26-12-20-23(21(14-28)27(20)22(29)13-26)18-6-4-16(5-7-18)17-8-10-19(31-3)11-9-17/h4-11,15,20-21,23,28H,12-14H2,1-3H3,(H,25,30)/t20-,21+,23+/m0/s1. The zero-order valence-corrected chi connectivity index (χ0v) is 18.1. The van der Waals surface area contributed by atoms with Gasteiger partial charge in [-0.25, -0.2) is 4.79 Å². The number of aliphatic hydroxyl groups is 1. The maximum absolute atomic E-state index is 12.7. The van der Waals surface area contributed by atoms with Crippen molar-refractivity contribution >= 4 is 11.9 Å². The Hall–Kier alpha value is -3.06. The van der Waals surface area contributed by atoms with E-state index in [9.17, 15) is 14.7 Å². The van der Waals surface area contributed by atoms with Crippen LogP contribution in [0.25, 0.3) is 11.1 Å². The number of ether oxygens (including phenoxy) is 1. The molecule has 0 spiro atoms. The summed E-state index contributed by atoms with van der Waals surface area (Å²) in [5, 5.41) is 12.8. The minimum atomic E-state index is -0.250. The van der Waals surface area contributed by atoms with Gasteiger partial charge in [-0.1, -0.05) is 36.4 Å². The Morgan fingerprint density at radius 3 is 2.29 bits per heavy atom. The van der Waals surface area contributed by atoms with Gasteiger partial charge in [-0.05, 0) is 42.7 Å². The van der Waals surface area contributed by atoms with E-state index >= 15 is 0 Å². The monoisotopic (exact) mass is 423 g/mol. The van der Waals surface area contributed by atoms with E-state index in [0.29, 0.717) is 6.54 Å². The van der Waals surface area contributed by atoms with Crippen LogP contribution in [0.3, 0.4) is 0 Å². The lowest BCUT2D eigenvalue weighted by Crippen LogP contribution is -2.74. The van der Waals surface area contributed by atoms with Crippen LogP contribution < -0.4 is 10.1 Å². The molecule has 2 aromatic carbocycles. The molecule has 2 N–H and O–H groups in total.